The maximum absolute atomic E-state index is 5.86. The van der Waals surface area contributed by atoms with Crippen LogP contribution in [0.4, 0.5) is 11.5 Å². The Kier molecular flexibility index (Phi) is 4.21. The lowest BCUT2D eigenvalue weighted by molar-refractivity contribution is 0.611. The zero-order valence-electron chi connectivity index (χ0n) is 9.50. The van der Waals surface area contributed by atoms with E-state index in [9.17, 15) is 0 Å². The van der Waals surface area contributed by atoms with Gasteiger partial charge in [0.2, 0.25) is 0 Å². The number of pyridine rings is 1. The van der Waals surface area contributed by atoms with Crippen molar-refractivity contribution in [1.29, 1.82) is 0 Å². The van der Waals surface area contributed by atoms with Crippen LogP contribution >= 0.6 is 11.6 Å². The Morgan fingerprint density at radius 3 is 2.73 bits per heavy atom. The summed E-state index contributed by atoms with van der Waals surface area (Å²) in [6.45, 7) is 4.34. The largest absolute Gasteiger partial charge is 0.399 e. The van der Waals surface area contributed by atoms with Gasteiger partial charge in [0.1, 0.15) is 11.0 Å². The summed E-state index contributed by atoms with van der Waals surface area (Å²) in [5.41, 5.74) is 6.37. The van der Waals surface area contributed by atoms with Gasteiger partial charge in [0.25, 0.3) is 0 Å². The Hall–Kier alpha value is -0.960. The van der Waals surface area contributed by atoms with Crippen LogP contribution in [0.25, 0.3) is 0 Å². The van der Waals surface area contributed by atoms with E-state index in [0.29, 0.717) is 16.9 Å². The summed E-state index contributed by atoms with van der Waals surface area (Å²) in [7, 11) is 2.01. The van der Waals surface area contributed by atoms with Crippen molar-refractivity contribution in [2.75, 3.05) is 17.7 Å². The topological polar surface area (TPSA) is 42.1 Å². The number of hydrogen-bond acceptors (Lipinski definition) is 3. The number of nitrogens with two attached hydrogens (primary N) is 1. The second-order valence-corrected chi connectivity index (χ2v) is 4.22. The molecule has 2 N–H and O–H groups in total. The van der Waals surface area contributed by atoms with Crippen molar-refractivity contribution in [3.63, 3.8) is 0 Å². The number of halogens is 1. The standard InChI is InChI=1S/C11H18ClN3/c1-4-5-8(2)15(3)11-7-9(13)6-10(12)14-11/h6-8H,4-5H2,1-3H3,(H2,13,14). The molecule has 4 heteroatoms. The van der Waals surface area contributed by atoms with E-state index in [4.69, 9.17) is 17.3 Å². The third-order valence-corrected chi connectivity index (χ3v) is 2.73. The average Bonchev–Trinajstić information content (AvgIpc) is 2.15. The number of rotatable bonds is 4. The average molecular weight is 228 g/mol. The highest BCUT2D eigenvalue weighted by Crippen LogP contribution is 2.21. The third-order valence-electron chi connectivity index (χ3n) is 2.53. The van der Waals surface area contributed by atoms with E-state index in [1.54, 1.807) is 6.07 Å². The lowest BCUT2D eigenvalue weighted by atomic mass is 10.2. The number of nitrogens with zero attached hydrogens (tertiary/aromatic N) is 2. The molecule has 0 bridgehead atoms. The van der Waals surface area contributed by atoms with Crippen molar-refractivity contribution in [2.24, 2.45) is 0 Å². The van der Waals surface area contributed by atoms with E-state index in [2.05, 4.69) is 23.7 Å². The molecule has 15 heavy (non-hydrogen) atoms. The van der Waals surface area contributed by atoms with Crippen LogP contribution in [0.15, 0.2) is 12.1 Å². The van der Waals surface area contributed by atoms with Gasteiger partial charge >= 0.3 is 0 Å². The van der Waals surface area contributed by atoms with Gasteiger partial charge in [-0.1, -0.05) is 24.9 Å². The lowest BCUT2D eigenvalue weighted by Crippen LogP contribution is -2.29. The minimum absolute atomic E-state index is 0.445. The van der Waals surface area contributed by atoms with E-state index in [0.717, 1.165) is 18.7 Å². The number of hydrogen-bond donors (Lipinski definition) is 1. The first kappa shape index (κ1) is 12.1. The van der Waals surface area contributed by atoms with Crippen LogP contribution in [0.3, 0.4) is 0 Å². The molecule has 0 spiro atoms. The molecule has 0 saturated carbocycles. The summed E-state index contributed by atoms with van der Waals surface area (Å²) in [6.07, 6.45) is 2.28. The molecule has 0 amide bonds. The molecule has 0 aliphatic rings. The second-order valence-electron chi connectivity index (χ2n) is 3.83. The van der Waals surface area contributed by atoms with Crippen LogP contribution in [0.1, 0.15) is 26.7 Å². The van der Waals surface area contributed by atoms with Crippen molar-refractivity contribution in [3.8, 4) is 0 Å². The van der Waals surface area contributed by atoms with E-state index in [1.807, 2.05) is 13.1 Å². The Balaban J connectivity index is 2.85. The quantitative estimate of drug-likeness (QED) is 0.805. The fraction of sp³-hybridized carbons (Fsp3) is 0.545. The van der Waals surface area contributed by atoms with Crippen LogP contribution < -0.4 is 10.6 Å². The summed E-state index contributed by atoms with van der Waals surface area (Å²) in [4.78, 5) is 6.35. The van der Waals surface area contributed by atoms with Crippen LogP contribution in [0.5, 0.6) is 0 Å². The molecule has 0 radical (unpaired) electrons. The smallest absolute Gasteiger partial charge is 0.133 e. The molecule has 0 aliphatic heterocycles. The van der Waals surface area contributed by atoms with Gasteiger partial charge in [-0.15, -0.1) is 0 Å². The third kappa shape index (κ3) is 3.27. The SMILES string of the molecule is CCCC(C)N(C)c1cc(N)cc(Cl)n1. The van der Waals surface area contributed by atoms with Gasteiger partial charge < -0.3 is 10.6 Å². The summed E-state index contributed by atoms with van der Waals surface area (Å²) in [5, 5.41) is 0.445. The number of nitrogen functional groups attached to an aromatic ring is 1. The fourth-order valence-electron chi connectivity index (χ4n) is 1.52. The minimum atomic E-state index is 0.445. The van der Waals surface area contributed by atoms with Gasteiger partial charge in [-0.2, -0.15) is 0 Å². The fourth-order valence-corrected chi connectivity index (χ4v) is 1.73. The Bertz CT molecular complexity index is 307. The summed E-state index contributed by atoms with van der Waals surface area (Å²) in [5.74, 6) is 0.834. The van der Waals surface area contributed by atoms with Crippen molar-refractivity contribution >= 4 is 23.1 Å². The first-order valence-electron chi connectivity index (χ1n) is 5.20. The first-order chi connectivity index (χ1) is 7.04. The molecule has 1 aromatic heterocycles. The molecular formula is C11H18ClN3. The van der Waals surface area contributed by atoms with Crippen molar-refractivity contribution in [3.05, 3.63) is 17.3 Å². The maximum Gasteiger partial charge on any atom is 0.133 e. The van der Waals surface area contributed by atoms with E-state index in [1.165, 1.54) is 0 Å². The molecule has 0 aromatic carbocycles. The second kappa shape index (κ2) is 5.21. The predicted octanol–water partition coefficient (Wildman–Crippen LogP) is 2.94. The van der Waals surface area contributed by atoms with Gasteiger partial charge in [-0.3, -0.25) is 0 Å². The molecule has 84 valence electrons. The number of aromatic nitrogens is 1. The molecule has 1 rings (SSSR count). The van der Waals surface area contributed by atoms with Crippen LogP contribution in [0, 0.1) is 0 Å². The number of anilines is 2. The van der Waals surface area contributed by atoms with E-state index in [-0.39, 0.29) is 0 Å². The minimum Gasteiger partial charge on any atom is -0.399 e. The van der Waals surface area contributed by atoms with Gasteiger partial charge in [0.05, 0.1) is 0 Å². The van der Waals surface area contributed by atoms with Gasteiger partial charge in [-0.05, 0) is 19.4 Å². The molecular weight excluding hydrogens is 210 g/mol. The first-order valence-corrected chi connectivity index (χ1v) is 5.58. The monoisotopic (exact) mass is 227 g/mol. The van der Waals surface area contributed by atoms with Gasteiger partial charge in [-0.25, -0.2) is 4.98 Å². The summed E-state index contributed by atoms with van der Waals surface area (Å²) >= 11 is 5.86. The maximum atomic E-state index is 5.86. The predicted molar refractivity (Wildman–Crippen MR) is 66.4 cm³/mol. The van der Waals surface area contributed by atoms with Crippen LogP contribution in [-0.2, 0) is 0 Å². The zero-order valence-corrected chi connectivity index (χ0v) is 10.3. The van der Waals surface area contributed by atoms with E-state index < -0.39 is 0 Å². The van der Waals surface area contributed by atoms with Crippen molar-refractivity contribution in [2.45, 2.75) is 32.7 Å². The normalized spacial score (nSPS) is 12.5. The van der Waals surface area contributed by atoms with E-state index >= 15 is 0 Å². The highest BCUT2D eigenvalue weighted by Gasteiger charge is 2.11. The Labute approximate surface area is 96.2 Å². The van der Waals surface area contributed by atoms with Gasteiger partial charge in [0.15, 0.2) is 0 Å². The van der Waals surface area contributed by atoms with Gasteiger partial charge in [0, 0.05) is 24.8 Å². The Morgan fingerprint density at radius 1 is 1.53 bits per heavy atom. The molecule has 1 unspecified atom stereocenters. The molecule has 1 atom stereocenters. The molecule has 0 saturated heterocycles. The lowest BCUT2D eigenvalue weighted by Gasteiger charge is -2.25. The summed E-state index contributed by atoms with van der Waals surface area (Å²) < 4.78 is 0. The van der Waals surface area contributed by atoms with Crippen LogP contribution in [-0.4, -0.2) is 18.1 Å². The molecule has 0 fully saturated rings. The van der Waals surface area contributed by atoms with Crippen molar-refractivity contribution in [1.82, 2.24) is 4.98 Å². The molecule has 0 aliphatic carbocycles. The highest BCUT2D eigenvalue weighted by molar-refractivity contribution is 6.29. The summed E-state index contributed by atoms with van der Waals surface area (Å²) in [6, 6.07) is 3.95. The molecule has 1 aromatic rings. The highest BCUT2D eigenvalue weighted by atomic mass is 35.5. The molecule has 3 nitrogen and oxygen atoms in total. The Morgan fingerprint density at radius 2 is 2.20 bits per heavy atom. The molecule has 1 heterocycles. The van der Waals surface area contributed by atoms with Crippen molar-refractivity contribution < 1.29 is 0 Å². The van der Waals surface area contributed by atoms with Crippen LogP contribution in [0.2, 0.25) is 5.15 Å². The zero-order chi connectivity index (χ0) is 11.4.